The number of ether oxygens (including phenoxy) is 1. The number of nitrogens with one attached hydrogen (secondary N) is 4. The first-order valence-electron chi connectivity index (χ1n) is 10.2. The molecule has 0 aliphatic carbocycles. The molecule has 0 saturated carbocycles. The number of halogens is 1. The number of hydrogen-bond donors (Lipinski definition) is 5. The van der Waals surface area contributed by atoms with E-state index in [4.69, 9.17) is 22.1 Å². The molecule has 29 heavy (non-hydrogen) atoms. The van der Waals surface area contributed by atoms with E-state index >= 15 is 0 Å². The summed E-state index contributed by atoms with van der Waals surface area (Å²) in [7, 11) is 0. The highest BCUT2D eigenvalue weighted by atomic mass is 35.5. The van der Waals surface area contributed by atoms with Crippen molar-refractivity contribution in [2.45, 2.75) is 37.8 Å². The lowest BCUT2D eigenvalue weighted by atomic mass is 9.94. The van der Waals surface area contributed by atoms with Crippen LogP contribution in [0, 0.1) is 0 Å². The zero-order chi connectivity index (χ0) is 20.9. The largest absolute Gasteiger partial charge is 0.434 e. The van der Waals surface area contributed by atoms with Gasteiger partial charge in [-0.3, -0.25) is 4.79 Å². The highest BCUT2D eigenvalue weighted by molar-refractivity contribution is 6.31. The Kier molecular flexibility index (Phi) is 10.8. The summed E-state index contributed by atoms with van der Waals surface area (Å²) in [4.78, 5) is 23.7. The van der Waals surface area contributed by atoms with E-state index in [2.05, 4.69) is 21.3 Å². The highest BCUT2D eigenvalue weighted by Gasteiger charge is 2.44. The number of carbonyl (C=O) groups excluding carboxylic acids is 2. The van der Waals surface area contributed by atoms with E-state index in [0.29, 0.717) is 11.6 Å². The molecule has 1 aliphatic rings. The Morgan fingerprint density at radius 3 is 2.34 bits per heavy atom. The second-order valence-corrected chi connectivity index (χ2v) is 7.37. The molecule has 1 aromatic carbocycles. The van der Waals surface area contributed by atoms with Crippen molar-refractivity contribution in [2.24, 2.45) is 5.73 Å². The Balaban J connectivity index is 1.51. The van der Waals surface area contributed by atoms with Crippen molar-refractivity contribution in [1.29, 1.82) is 0 Å². The average molecular weight is 426 g/mol. The molecule has 1 fully saturated rings. The molecule has 8 nitrogen and oxygen atoms in total. The van der Waals surface area contributed by atoms with E-state index in [1.165, 1.54) is 0 Å². The molecule has 2 rings (SSSR count). The van der Waals surface area contributed by atoms with Crippen LogP contribution in [0.25, 0.3) is 0 Å². The molecule has 0 radical (unpaired) electrons. The van der Waals surface area contributed by atoms with Gasteiger partial charge in [-0.2, -0.15) is 0 Å². The SMILES string of the molecule is NCCCNCCCCNCCCNC(=O)O[C@@H]1C(=O)N[C@@H]1c1ccccc1Cl. The molecule has 0 spiro atoms. The lowest BCUT2D eigenvalue weighted by Crippen LogP contribution is -2.58. The summed E-state index contributed by atoms with van der Waals surface area (Å²) in [5.74, 6) is -0.316. The van der Waals surface area contributed by atoms with Crippen molar-refractivity contribution >= 4 is 23.6 Å². The predicted molar refractivity (Wildman–Crippen MR) is 114 cm³/mol. The topological polar surface area (TPSA) is 118 Å². The Bertz CT molecular complexity index is 646. The molecule has 2 atom stereocenters. The van der Waals surface area contributed by atoms with Crippen molar-refractivity contribution in [2.75, 3.05) is 39.3 Å². The number of hydrogen-bond acceptors (Lipinski definition) is 6. The number of amides is 2. The second-order valence-electron chi connectivity index (χ2n) is 6.96. The van der Waals surface area contributed by atoms with E-state index in [-0.39, 0.29) is 5.91 Å². The van der Waals surface area contributed by atoms with Gasteiger partial charge in [0.25, 0.3) is 5.91 Å². The van der Waals surface area contributed by atoms with Crippen LogP contribution in [-0.4, -0.2) is 57.4 Å². The molecule has 2 amide bonds. The molecule has 0 bridgehead atoms. The van der Waals surface area contributed by atoms with Gasteiger partial charge in [0.15, 0.2) is 0 Å². The molecular weight excluding hydrogens is 394 g/mol. The number of β-lactam (4-membered cyclic amide) rings is 1. The normalized spacial score (nSPS) is 18.1. The van der Waals surface area contributed by atoms with Crippen LogP contribution < -0.4 is 27.0 Å². The predicted octanol–water partition coefficient (Wildman–Crippen LogP) is 1.30. The average Bonchev–Trinajstić information content (AvgIpc) is 2.72. The minimum absolute atomic E-state index is 0.316. The zero-order valence-electron chi connectivity index (χ0n) is 16.7. The minimum Gasteiger partial charge on any atom is -0.434 e. The van der Waals surface area contributed by atoms with Crippen LogP contribution in [0.15, 0.2) is 24.3 Å². The van der Waals surface area contributed by atoms with Crippen LogP contribution in [0.1, 0.15) is 37.3 Å². The van der Waals surface area contributed by atoms with Crippen LogP contribution in [0.4, 0.5) is 4.79 Å². The van der Waals surface area contributed by atoms with Crippen molar-refractivity contribution < 1.29 is 14.3 Å². The van der Waals surface area contributed by atoms with Crippen molar-refractivity contribution in [1.82, 2.24) is 21.3 Å². The summed E-state index contributed by atoms with van der Waals surface area (Å²) < 4.78 is 5.26. The fourth-order valence-corrected chi connectivity index (χ4v) is 3.25. The first-order valence-corrected chi connectivity index (χ1v) is 10.6. The first kappa shape index (κ1) is 23.4. The third kappa shape index (κ3) is 8.18. The minimum atomic E-state index is -0.855. The maximum Gasteiger partial charge on any atom is 0.408 e. The summed E-state index contributed by atoms with van der Waals surface area (Å²) in [6, 6.07) is 6.78. The maximum absolute atomic E-state index is 12.0. The summed E-state index contributed by atoms with van der Waals surface area (Å²) >= 11 is 6.15. The number of rotatable bonds is 14. The van der Waals surface area contributed by atoms with Gasteiger partial charge in [-0.1, -0.05) is 29.8 Å². The molecule has 1 aromatic rings. The van der Waals surface area contributed by atoms with Gasteiger partial charge in [0, 0.05) is 11.6 Å². The fourth-order valence-electron chi connectivity index (χ4n) is 2.99. The Hall–Kier alpha value is -1.87. The summed E-state index contributed by atoms with van der Waals surface area (Å²) in [5.41, 5.74) is 6.18. The molecule has 0 unspecified atom stereocenters. The number of alkyl carbamates (subject to hydrolysis) is 1. The lowest BCUT2D eigenvalue weighted by Gasteiger charge is -2.36. The summed E-state index contributed by atoms with van der Waals surface area (Å²) in [6.45, 7) is 4.97. The summed E-state index contributed by atoms with van der Waals surface area (Å²) in [5, 5.41) is 12.6. The van der Waals surface area contributed by atoms with Crippen molar-refractivity contribution in [3.63, 3.8) is 0 Å². The van der Waals surface area contributed by atoms with Gasteiger partial charge in [0.05, 0.1) is 0 Å². The van der Waals surface area contributed by atoms with Gasteiger partial charge in [0.2, 0.25) is 6.10 Å². The smallest absolute Gasteiger partial charge is 0.408 e. The quantitative estimate of drug-likeness (QED) is 0.226. The van der Waals surface area contributed by atoms with E-state index in [9.17, 15) is 9.59 Å². The molecule has 9 heteroatoms. The van der Waals surface area contributed by atoms with Crippen molar-refractivity contribution in [3.8, 4) is 0 Å². The Morgan fingerprint density at radius 2 is 1.69 bits per heavy atom. The number of benzene rings is 1. The maximum atomic E-state index is 12.0. The van der Waals surface area contributed by atoms with Crippen molar-refractivity contribution in [3.05, 3.63) is 34.9 Å². The van der Waals surface area contributed by atoms with Crippen LogP contribution in [-0.2, 0) is 9.53 Å². The third-order valence-corrected chi connectivity index (χ3v) is 4.99. The number of nitrogens with two attached hydrogens (primary N) is 1. The number of unbranched alkanes of at least 4 members (excludes halogenated alkanes) is 1. The molecule has 1 saturated heterocycles. The van der Waals surface area contributed by atoms with E-state index in [0.717, 1.165) is 64.0 Å². The monoisotopic (exact) mass is 425 g/mol. The highest BCUT2D eigenvalue weighted by Crippen LogP contribution is 2.31. The van der Waals surface area contributed by atoms with Gasteiger partial charge in [-0.25, -0.2) is 4.79 Å². The van der Waals surface area contributed by atoms with Crippen LogP contribution >= 0.6 is 11.6 Å². The first-order chi connectivity index (χ1) is 14.1. The molecule has 0 aromatic heterocycles. The Labute approximate surface area is 177 Å². The van der Waals surface area contributed by atoms with Gasteiger partial charge in [0.1, 0.15) is 6.04 Å². The van der Waals surface area contributed by atoms with Gasteiger partial charge < -0.3 is 31.7 Å². The fraction of sp³-hybridized carbons (Fsp3) is 0.600. The zero-order valence-corrected chi connectivity index (χ0v) is 17.5. The van der Waals surface area contributed by atoms with Gasteiger partial charge in [-0.05, 0) is 70.0 Å². The molecule has 162 valence electrons. The van der Waals surface area contributed by atoms with Gasteiger partial charge in [-0.15, -0.1) is 0 Å². The molecule has 1 heterocycles. The van der Waals surface area contributed by atoms with E-state index < -0.39 is 18.2 Å². The van der Waals surface area contributed by atoms with E-state index in [1.54, 1.807) is 6.07 Å². The standard InChI is InChI=1S/C20H32ClN5O3/c21-16-8-2-1-7-15(16)17-18(19(27)26-17)29-20(28)25-14-6-13-24-11-4-3-10-23-12-5-9-22/h1-2,7-8,17-18,23-24H,3-6,9-14,22H2,(H,25,28)(H,26,27)/t17-,18+/m1/s1. The summed E-state index contributed by atoms with van der Waals surface area (Å²) in [6.07, 6.45) is 2.58. The third-order valence-electron chi connectivity index (χ3n) is 4.65. The Morgan fingerprint density at radius 1 is 1.03 bits per heavy atom. The van der Waals surface area contributed by atoms with Crippen LogP contribution in [0.2, 0.25) is 5.02 Å². The lowest BCUT2D eigenvalue weighted by molar-refractivity contribution is -0.143. The molecule has 1 aliphatic heterocycles. The second kappa shape index (κ2) is 13.4. The van der Waals surface area contributed by atoms with E-state index in [1.807, 2.05) is 18.2 Å². The molecular formula is C20H32ClN5O3. The molecule has 6 N–H and O–H groups in total. The van der Waals surface area contributed by atoms with Crippen LogP contribution in [0.5, 0.6) is 0 Å². The van der Waals surface area contributed by atoms with Gasteiger partial charge >= 0.3 is 6.09 Å². The van der Waals surface area contributed by atoms with Crippen LogP contribution in [0.3, 0.4) is 0 Å². The number of carbonyl (C=O) groups is 2.